The van der Waals surface area contributed by atoms with Gasteiger partial charge in [-0.1, -0.05) is 86.3 Å². The minimum absolute atomic E-state index is 0. The number of nitrogens with zero attached hydrogens (tertiary/aromatic N) is 4. The molecule has 0 saturated heterocycles. The summed E-state index contributed by atoms with van der Waals surface area (Å²) in [7, 11) is 0. The fraction of sp³-hybridized carbons (Fsp3) is 0.250. The molecule has 5 heterocycles. The molecule has 8 bridgehead atoms. The van der Waals surface area contributed by atoms with Crippen LogP contribution in [0.2, 0.25) is 0 Å². The first-order chi connectivity index (χ1) is 17.6. The van der Waals surface area contributed by atoms with Gasteiger partial charge in [-0.25, -0.2) is 9.97 Å². The molecule has 0 aliphatic rings. The Bertz CT molecular complexity index is 1710. The van der Waals surface area contributed by atoms with Crippen molar-refractivity contribution in [2.75, 3.05) is 0 Å². The maximum absolute atomic E-state index is 5.19. The average molecular weight is 666 g/mol. The summed E-state index contributed by atoms with van der Waals surface area (Å²) in [6, 6.07) is 21.1. The normalized spacial score (nSPS) is 11.5. The van der Waals surface area contributed by atoms with Gasteiger partial charge >= 0.3 is 21.1 Å². The van der Waals surface area contributed by atoms with Gasteiger partial charge in [-0.15, -0.1) is 22.1 Å². The molecule has 0 fully saturated rings. The molecule has 5 heteroatoms. The Kier molecular flexibility index (Phi) is 7.05. The third-order valence-electron chi connectivity index (χ3n) is 7.41. The summed E-state index contributed by atoms with van der Waals surface area (Å²) in [4.78, 5) is 20.4. The van der Waals surface area contributed by atoms with Crippen LogP contribution in [0.3, 0.4) is 0 Å². The molecule has 0 aliphatic heterocycles. The Balaban J connectivity index is 0.00000280. The minimum atomic E-state index is 0. The predicted octanol–water partition coefficient (Wildman–Crippen LogP) is 7.53. The van der Waals surface area contributed by atoms with E-state index in [-0.39, 0.29) is 21.1 Å². The molecule has 0 spiro atoms. The smallest absolute Gasteiger partial charge is 0.658 e. The summed E-state index contributed by atoms with van der Waals surface area (Å²) in [5, 5.41) is 2.18. The summed E-state index contributed by atoms with van der Waals surface area (Å²) in [6.45, 7) is 8.88. The van der Waals surface area contributed by atoms with E-state index < -0.39 is 0 Å². The fourth-order valence-corrected chi connectivity index (χ4v) is 5.64. The van der Waals surface area contributed by atoms with Crippen molar-refractivity contribution in [1.29, 1.82) is 0 Å². The van der Waals surface area contributed by atoms with Gasteiger partial charge in [0.2, 0.25) is 0 Å². The second-order valence-electron chi connectivity index (χ2n) is 9.37. The molecule has 0 unspecified atom stereocenters. The first-order valence-electron chi connectivity index (χ1n) is 13.1. The topological polar surface area (TPSA) is 54.0 Å². The Morgan fingerprint density at radius 3 is 1.22 bits per heavy atom. The van der Waals surface area contributed by atoms with Crippen LogP contribution in [0.5, 0.6) is 0 Å². The van der Waals surface area contributed by atoms with E-state index >= 15 is 0 Å². The number of hydrogen-bond donors (Lipinski definition) is 0. The molecular weight excluding hydrogens is 635 g/mol. The number of rotatable bonds is 4. The van der Waals surface area contributed by atoms with Gasteiger partial charge in [-0.3, -0.25) is 0 Å². The van der Waals surface area contributed by atoms with E-state index in [9.17, 15) is 0 Å². The summed E-state index contributed by atoms with van der Waals surface area (Å²) in [5.41, 5.74) is 13.0. The van der Waals surface area contributed by atoms with E-state index in [1.807, 2.05) is 0 Å². The molecule has 0 radical (unpaired) electrons. The van der Waals surface area contributed by atoms with Crippen LogP contribution in [0.25, 0.3) is 54.9 Å². The molecule has 0 amide bonds. The van der Waals surface area contributed by atoms with Crippen molar-refractivity contribution in [3.8, 4) is 0 Å². The third-order valence-corrected chi connectivity index (χ3v) is 7.41. The molecule has 0 atom stereocenters. The molecule has 5 aromatic heterocycles. The number of aryl methyl sites for hydroxylation is 4. The largest absolute Gasteiger partial charge is 2.00 e. The minimum Gasteiger partial charge on any atom is -0.658 e. The first-order valence-corrected chi connectivity index (χ1v) is 13.1. The van der Waals surface area contributed by atoms with Crippen LogP contribution in [0, 0.1) is 0 Å². The first kappa shape index (κ1) is 25.4. The summed E-state index contributed by atoms with van der Waals surface area (Å²) < 4.78 is 0. The van der Waals surface area contributed by atoms with Gasteiger partial charge < -0.3 is 9.97 Å². The van der Waals surface area contributed by atoms with E-state index in [4.69, 9.17) is 19.9 Å². The molecule has 0 aliphatic carbocycles. The molecule has 0 saturated carbocycles. The molecule has 6 rings (SSSR count). The zero-order valence-corrected chi connectivity index (χ0v) is 24.0. The van der Waals surface area contributed by atoms with Crippen LogP contribution in [0.1, 0.15) is 49.9 Å². The quantitative estimate of drug-likeness (QED) is 0.183. The van der Waals surface area contributed by atoms with Crippen molar-refractivity contribution < 1.29 is 21.1 Å². The maximum atomic E-state index is 5.19. The van der Waals surface area contributed by atoms with Crippen molar-refractivity contribution in [2.24, 2.45) is 0 Å². The Labute approximate surface area is 231 Å². The van der Waals surface area contributed by atoms with E-state index in [1.54, 1.807) is 0 Å². The van der Waals surface area contributed by atoms with Gasteiger partial charge in [0.1, 0.15) is 0 Å². The van der Waals surface area contributed by atoms with E-state index in [2.05, 4.69) is 88.4 Å². The molecule has 188 valence electrons. The predicted molar refractivity (Wildman–Crippen MR) is 151 cm³/mol. The van der Waals surface area contributed by atoms with Gasteiger partial charge in [0.25, 0.3) is 0 Å². The monoisotopic (exact) mass is 665 g/mol. The number of hydrogen-bond acceptors (Lipinski definition) is 2. The number of aromatic nitrogens is 4. The van der Waals surface area contributed by atoms with Gasteiger partial charge in [-0.05, 0) is 49.9 Å². The van der Waals surface area contributed by atoms with Crippen molar-refractivity contribution >= 4 is 54.9 Å². The van der Waals surface area contributed by atoms with E-state index in [1.165, 1.54) is 22.3 Å². The van der Waals surface area contributed by atoms with Crippen LogP contribution >= 0.6 is 0 Å². The van der Waals surface area contributed by atoms with E-state index in [0.717, 1.165) is 80.6 Å². The fourth-order valence-electron chi connectivity index (χ4n) is 5.64. The number of fused-ring (bicyclic) bond motifs is 7. The second-order valence-corrected chi connectivity index (χ2v) is 9.37. The number of pyridine rings is 2. The average Bonchev–Trinajstić information content (AvgIpc) is 3.46. The Hall–Kier alpha value is -3.23. The zero-order valence-electron chi connectivity index (χ0n) is 21.7. The Morgan fingerprint density at radius 2 is 0.838 bits per heavy atom. The van der Waals surface area contributed by atoms with Crippen LogP contribution in [0.4, 0.5) is 0 Å². The molecule has 1 aromatic carbocycles. The van der Waals surface area contributed by atoms with Crippen LogP contribution < -0.4 is 9.97 Å². The molecule has 4 nitrogen and oxygen atoms in total. The van der Waals surface area contributed by atoms with Crippen LogP contribution in [0.15, 0.2) is 60.7 Å². The van der Waals surface area contributed by atoms with Crippen molar-refractivity contribution in [2.45, 2.75) is 53.4 Å². The van der Waals surface area contributed by atoms with Crippen molar-refractivity contribution in [3.05, 3.63) is 82.9 Å². The SMILES string of the molecule is CCc1c(CC)c2[n-]c1ccc1ccc3ccc4ccc(ccc5[n-]c2c(CC)c5CC)nc4c3n1.[Pt+2]. The van der Waals surface area contributed by atoms with Crippen molar-refractivity contribution in [1.82, 2.24) is 19.9 Å². The summed E-state index contributed by atoms with van der Waals surface area (Å²) >= 11 is 0. The van der Waals surface area contributed by atoms with Crippen LogP contribution in [-0.2, 0) is 46.7 Å². The van der Waals surface area contributed by atoms with Gasteiger partial charge in [0, 0.05) is 10.8 Å². The molecule has 0 N–H and O–H groups in total. The standard InChI is InChI=1S/C32H30N4.Pt/c1-5-23-25(7-3)31-32-26(8-4)24(6-2)28(36-32)18-16-22-14-12-20-10-9-19-11-13-21(15-17-27(23)35-31)33-29(19)30(20)34-22;/h9-18H,5-8H2,1-4H3;/q-2;+2. The third kappa shape index (κ3) is 4.22. The summed E-state index contributed by atoms with van der Waals surface area (Å²) in [5.74, 6) is 0. The maximum Gasteiger partial charge on any atom is 2.00 e. The van der Waals surface area contributed by atoms with Gasteiger partial charge in [0.05, 0.1) is 22.1 Å². The molecule has 37 heavy (non-hydrogen) atoms. The van der Waals surface area contributed by atoms with E-state index in [0.29, 0.717) is 0 Å². The van der Waals surface area contributed by atoms with Crippen molar-refractivity contribution in [3.63, 3.8) is 0 Å². The molecule has 6 aromatic rings. The Morgan fingerprint density at radius 1 is 0.486 bits per heavy atom. The second kappa shape index (κ2) is 10.3. The van der Waals surface area contributed by atoms with Crippen LogP contribution in [-0.4, -0.2) is 9.97 Å². The van der Waals surface area contributed by atoms with Gasteiger partial charge in [0.15, 0.2) is 0 Å². The molecular formula is C32H30N4Pt. The van der Waals surface area contributed by atoms with Gasteiger partial charge in [-0.2, -0.15) is 0 Å². The number of benzene rings is 1. The zero-order chi connectivity index (χ0) is 24.8. The summed E-state index contributed by atoms with van der Waals surface area (Å²) in [6.07, 6.45) is 3.74.